The molecule has 152 valence electrons. The molecule has 0 aliphatic heterocycles. The lowest BCUT2D eigenvalue weighted by Gasteiger charge is -2.07. The molecule has 2 aromatic heterocycles. The number of carbonyl (C=O) groups excluding carboxylic acids is 3. The molecule has 0 aliphatic rings. The van der Waals surface area contributed by atoms with Gasteiger partial charge in [-0.25, -0.2) is 9.59 Å². The molecule has 8 nitrogen and oxygen atoms in total. The molecular weight excluding hydrogens is 404 g/mol. The molecule has 0 spiro atoms. The molecule has 2 heterocycles. The van der Waals surface area contributed by atoms with E-state index in [0.717, 1.165) is 22.7 Å². The molecule has 1 N–H and O–H groups in total. The number of ether oxygens (including phenoxy) is 2. The van der Waals surface area contributed by atoms with E-state index < -0.39 is 17.8 Å². The van der Waals surface area contributed by atoms with E-state index in [9.17, 15) is 19.2 Å². The van der Waals surface area contributed by atoms with Gasteiger partial charge in [-0.2, -0.15) is 0 Å². The number of amides is 1. The van der Waals surface area contributed by atoms with Crippen LogP contribution in [0.5, 0.6) is 0 Å². The lowest BCUT2D eigenvalue weighted by Crippen LogP contribution is -2.15. The smallest absolute Gasteiger partial charge is 0.348 e. The number of hydrogen-bond donors (Lipinski definition) is 1. The second-order valence-electron chi connectivity index (χ2n) is 6.23. The number of anilines is 1. The summed E-state index contributed by atoms with van der Waals surface area (Å²) < 4.78 is 11.7. The third kappa shape index (κ3) is 4.33. The first kappa shape index (κ1) is 21.8. The van der Waals surface area contributed by atoms with Gasteiger partial charge in [-0.3, -0.25) is 9.59 Å². The van der Waals surface area contributed by atoms with Crippen LogP contribution in [0.3, 0.4) is 0 Å². The highest BCUT2D eigenvalue weighted by molar-refractivity contribution is 7.19. The van der Waals surface area contributed by atoms with Crippen molar-refractivity contribution >= 4 is 45.5 Å². The lowest BCUT2D eigenvalue weighted by molar-refractivity contribution is 0.0383. The fourth-order valence-electron chi connectivity index (χ4n) is 2.40. The van der Waals surface area contributed by atoms with Crippen molar-refractivity contribution in [2.75, 3.05) is 11.9 Å². The van der Waals surface area contributed by atoms with Crippen LogP contribution in [0.2, 0.25) is 0 Å². The maximum atomic E-state index is 12.7. The summed E-state index contributed by atoms with van der Waals surface area (Å²) in [7, 11) is 1.57. The van der Waals surface area contributed by atoms with E-state index in [1.165, 1.54) is 4.57 Å². The van der Waals surface area contributed by atoms with Crippen molar-refractivity contribution in [2.45, 2.75) is 40.7 Å². The summed E-state index contributed by atoms with van der Waals surface area (Å²) in [4.78, 5) is 49.4. The van der Waals surface area contributed by atoms with Crippen LogP contribution in [0.25, 0.3) is 0 Å². The van der Waals surface area contributed by atoms with E-state index in [0.29, 0.717) is 11.3 Å². The van der Waals surface area contributed by atoms with Gasteiger partial charge >= 0.3 is 16.8 Å². The van der Waals surface area contributed by atoms with E-state index in [1.807, 2.05) is 0 Å². The topological polar surface area (TPSA) is 104 Å². The number of esters is 2. The Labute approximate surface area is 170 Å². The zero-order valence-electron chi connectivity index (χ0n) is 16.5. The Morgan fingerprint density at radius 3 is 2.25 bits per heavy atom. The van der Waals surface area contributed by atoms with Gasteiger partial charge in [0.25, 0.3) is 5.91 Å². The predicted molar refractivity (Wildman–Crippen MR) is 108 cm³/mol. The van der Waals surface area contributed by atoms with Crippen molar-refractivity contribution in [1.82, 2.24) is 4.57 Å². The first-order chi connectivity index (χ1) is 13.1. The van der Waals surface area contributed by atoms with Gasteiger partial charge in [0.15, 0.2) is 0 Å². The SMILES string of the molecule is CCOC(=O)c1c(NC(=O)c2sc(=O)n(C)c2C)sc(C(=O)OC(C)C)c1C. The number of nitrogens with one attached hydrogen (secondary N) is 1. The predicted octanol–water partition coefficient (Wildman–Crippen LogP) is 3.12. The average Bonchev–Trinajstić information content (AvgIpc) is 3.06. The number of thiophene rings is 1. The molecule has 0 atom stereocenters. The first-order valence-electron chi connectivity index (χ1n) is 8.57. The molecule has 28 heavy (non-hydrogen) atoms. The van der Waals surface area contributed by atoms with E-state index in [-0.39, 0.29) is 37.9 Å². The van der Waals surface area contributed by atoms with E-state index in [2.05, 4.69) is 5.32 Å². The van der Waals surface area contributed by atoms with Gasteiger partial charge in [0, 0.05) is 12.7 Å². The lowest BCUT2D eigenvalue weighted by atomic mass is 10.1. The van der Waals surface area contributed by atoms with Crippen molar-refractivity contribution in [3.63, 3.8) is 0 Å². The summed E-state index contributed by atoms with van der Waals surface area (Å²) in [5.74, 6) is -1.76. The summed E-state index contributed by atoms with van der Waals surface area (Å²) in [5.41, 5.74) is 0.997. The highest BCUT2D eigenvalue weighted by atomic mass is 32.1. The largest absolute Gasteiger partial charge is 0.462 e. The standard InChI is InChI=1S/C18H22N2O6S2/c1-7-25-16(22)11-9(4)12(17(23)26-8(2)3)27-15(11)19-14(21)13-10(5)20(6)18(24)28-13/h8H,7H2,1-6H3,(H,19,21). The second kappa shape index (κ2) is 8.70. The van der Waals surface area contributed by atoms with E-state index >= 15 is 0 Å². The molecule has 2 rings (SSSR count). The van der Waals surface area contributed by atoms with E-state index in [4.69, 9.17) is 9.47 Å². The summed E-state index contributed by atoms with van der Waals surface area (Å²) >= 11 is 1.75. The molecule has 0 saturated heterocycles. The monoisotopic (exact) mass is 426 g/mol. The van der Waals surface area contributed by atoms with Crippen molar-refractivity contribution in [2.24, 2.45) is 7.05 Å². The number of rotatable bonds is 6. The third-order valence-electron chi connectivity index (χ3n) is 3.88. The van der Waals surface area contributed by atoms with Crippen molar-refractivity contribution < 1.29 is 23.9 Å². The minimum absolute atomic E-state index is 0.108. The van der Waals surface area contributed by atoms with Crippen LogP contribution in [-0.4, -0.2) is 35.1 Å². The summed E-state index contributed by atoms with van der Waals surface area (Å²) in [5, 5.41) is 2.83. The van der Waals surface area contributed by atoms with Crippen molar-refractivity contribution in [3.8, 4) is 0 Å². The quantitative estimate of drug-likeness (QED) is 0.712. The van der Waals surface area contributed by atoms with Crippen LogP contribution in [0.15, 0.2) is 4.79 Å². The van der Waals surface area contributed by atoms with Crippen LogP contribution >= 0.6 is 22.7 Å². The summed E-state index contributed by atoms with van der Waals surface area (Å²) in [6.07, 6.45) is -0.331. The first-order valence-corrected chi connectivity index (χ1v) is 10.2. The molecule has 0 aliphatic carbocycles. The minimum atomic E-state index is -0.645. The van der Waals surface area contributed by atoms with Gasteiger partial charge in [-0.1, -0.05) is 11.3 Å². The van der Waals surface area contributed by atoms with Gasteiger partial charge in [0.05, 0.1) is 18.3 Å². The Morgan fingerprint density at radius 1 is 1.11 bits per heavy atom. The molecule has 1 amide bonds. The van der Waals surface area contributed by atoms with Gasteiger partial charge in [0.1, 0.15) is 14.8 Å². The van der Waals surface area contributed by atoms with Crippen LogP contribution in [0, 0.1) is 13.8 Å². The zero-order chi connectivity index (χ0) is 21.2. The third-order valence-corrected chi connectivity index (χ3v) is 6.20. The molecule has 0 saturated carbocycles. The molecule has 0 aromatic carbocycles. The number of thiazole rings is 1. The van der Waals surface area contributed by atoms with Gasteiger partial charge in [-0.05, 0) is 40.2 Å². The fourth-order valence-corrected chi connectivity index (χ4v) is 4.35. The van der Waals surface area contributed by atoms with Crippen molar-refractivity contribution in [1.29, 1.82) is 0 Å². The number of hydrogen-bond acceptors (Lipinski definition) is 8. The van der Waals surface area contributed by atoms with Crippen LogP contribution in [-0.2, 0) is 16.5 Å². The highest BCUT2D eigenvalue weighted by Gasteiger charge is 2.28. The van der Waals surface area contributed by atoms with E-state index in [1.54, 1.807) is 41.7 Å². The Balaban J connectivity index is 2.47. The molecular formula is C18H22N2O6S2. The van der Waals surface area contributed by atoms with Gasteiger partial charge < -0.3 is 19.4 Å². The Bertz CT molecular complexity index is 983. The highest BCUT2D eigenvalue weighted by Crippen LogP contribution is 2.35. The molecule has 0 radical (unpaired) electrons. The van der Waals surface area contributed by atoms with Crippen LogP contribution in [0.4, 0.5) is 5.00 Å². The maximum Gasteiger partial charge on any atom is 0.348 e. The Morgan fingerprint density at radius 2 is 1.75 bits per heavy atom. The summed E-state index contributed by atoms with van der Waals surface area (Å²) in [6, 6.07) is 0. The van der Waals surface area contributed by atoms with Crippen LogP contribution in [0.1, 0.15) is 61.7 Å². The summed E-state index contributed by atoms with van der Waals surface area (Å²) in [6.45, 7) is 8.50. The minimum Gasteiger partial charge on any atom is -0.462 e. The van der Waals surface area contributed by atoms with Crippen molar-refractivity contribution in [3.05, 3.63) is 36.2 Å². The molecule has 2 aromatic rings. The second-order valence-corrected chi connectivity index (χ2v) is 8.21. The average molecular weight is 427 g/mol. The number of aromatic nitrogens is 1. The number of nitrogens with zero attached hydrogens (tertiary/aromatic N) is 1. The zero-order valence-corrected chi connectivity index (χ0v) is 18.1. The molecule has 0 fully saturated rings. The maximum absolute atomic E-state index is 12.7. The Kier molecular flexibility index (Phi) is 6.78. The van der Waals surface area contributed by atoms with Gasteiger partial charge in [0.2, 0.25) is 0 Å². The molecule has 10 heteroatoms. The normalized spacial score (nSPS) is 10.8. The molecule has 0 unspecified atom stereocenters. The number of carbonyl (C=O) groups is 3. The Hall–Kier alpha value is -2.46. The van der Waals surface area contributed by atoms with Gasteiger partial charge in [-0.15, -0.1) is 11.3 Å². The molecule has 0 bridgehead atoms. The van der Waals surface area contributed by atoms with Crippen LogP contribution < -0.4 is 10.2 Å². The fraction of sp³-hybridized carbons (Fsp3) is 0.444.